The van der Waals surface area contributed by atoms with E-state index in [4.69, 9.17) is 5.73 Å². The van der Waals surface area contributed by atoms with Crippen molar-refractivity contribution in [2.75, 3.05) is 18.2 Å². The maximum atomic E-state index is 11.9. The van der Waals surface area contributed by atoms with Crippen LogP contribution in [-0.2, 0) is 16.1 Å². The molecule has 3 N–H and O–H groups in total. The van der Waals surface area contributed by atoms with Crippen LogP contribution in [0.5, 0.6) is 0 Å². The van der Waals surface area contributed by atoms with Gasteiger partial charge in [0, 0.05) is 0 Å². The highest BCUT2D eigenvalue weighted by atomic mass is 16.5. The molecule has 2 rings (SSSR count). The van der Waals surface area contributed by atoms with Crippen LogP contribution in [0.1, 0.15) is 16.2 Å². The molecule has 0 aliphatic rings. The number of nitrogens with zero attached hydrogens (tertiary/aromatic N) is 3. The number of aryl methyl sites for hydroxylation is 1. The fraction of sp³-hybridized carbons (Fsp3) is 0.231. The fourth-order valence-electron chi connectivity index (χ4n) is 1.69. The molecule has 0 saturated carbocycles. The molecule has 21 heavy (non-hydrogen) atoms. The van der Waals surface area contributed by atoms with Gasteiger partial charge < -0.3 is 15.8 Å². The predicted octanol–water partition coefficient (Wildman–Crippen LogP) is 0.594. The molecule has 0 spiro atoms. The summed E-state index contributed by atoms with van der Waals surface area (Å²) in [4.78, 5) is 26.8. The summed E-state index contributed by atoms with van der Waals surface area (Å²) < 4.78 is 5.72. The summed E-state index contributed by atoms with van der Waals surface area (Å²) in [5.74, 6) is -1.08. The molecule has 0 radical (unpaired) electrons. The molecular weight excluding hydrogens is 274 g/mol. The minimum Gasteiger partial charge on any atom is -0.463 e. The zero-order valence-electron chi connectivity index (χ0n) is 11.7. The standard InChI is InChI=1S/C13H15N5O3/c1-8-3-4-10(9(14)5-8)16-11(19)6-18-7-15-12(17-18)13(20)21-2/h3-5,7H,6,14H2,1-2H3,(H,16,19). The quantitative estimate of drug-likeness (QED) is 0.629. The Bertz CT molecular complexity index is 680. The van der Waals surface area contributed by atoms with Crippen molar-refractivity contribution in [3.63, 3.8) is 0 Å². The van der Waals surface area contributed by atoms with Gasteiger partial charge >= 0.3 is 5.97 Å². The molecule has 2 aromatic rings. The van der Waals surface area contributed by atoms with Crippen molar-refractivity contribution in [1.29, 1.82) is 0 Å². The Labute approximate surface area is 120 Å². The lowest BCUT2D eigenvalue weighted by Gasteiger charge is -2.08. The lowest BCUT2D eigenvalue weighted by molar-refractivity contribution is -0.116. The summed E-state index contributed by atoms with van der Waals surface area (Å²) >= 11 is 0. The zero-order chi connectivity index (χ0) is 15.4. The number of anilines is 2. The average Bonchev–Trinajstić information content (AvgIpc) is 2.89. The van der Waals surface area contributed by atoms with Crippen LogP contribution in [-0.4, -0.2) is 33.8 Å². The Hall–Kier alpha value is -2.90. The van der Waals surface area contributed by atoms with E-state index in [1.165, 1.54) is 18.1 Å². The Morgan fingerprint density at radius 2 is 2.19 bits per heavy atom. The number of nitrogens with two attached hydrogens (primary N) is 1. The number of amides is 1. The number of nitrogen functional groups attached to an aromatic ring is 1. The number of esters is 1. The van der Waals surface area contributed by atoms with E-state index in [1.807, 2.05) is 13.0 Å². The molecule has 1 aromatic heterocycles. The maximum Gasteiger partial charge on any atom is 0.377 e. The minimum absolute atomic E-state index is 0.0860. The molecule has 1 aromatic carbocycles. The first-order chi connectivity index (χ1) is 9.99. The van der Waals surface area contributed by atoms with Crippen molar-refractivity contribution in [3.05, 3.63) is 35.9 Å². The molecule has 0 aliphatic heterocycles. The van der Waals surface area contributed by atoms with Crippen LogP contribution in [0.25, 0.3) is 0 Å². The monoisotopic (exact) mass is 289 g/mol. The third-order valence-electron chi connectivity index (χ3n) is 2.69. The van der Waals surface area contributed by atoms with Gasteiger partial charge in [-0.1, -0.05) is 6.07 Å². The van der Waals surface area contributed by atoms with Crippen molar-refractivity contribution in [2.24, 2.45) is 0 Å². The number of carbonyl (C=O) groups is 2. The normalized spacial score (nSPS) is 10.2. The van der Waals surface area contributed by atoms with E-state index in [9.17, 15) is 9.59 Å². The van der Waals surface area contributed by atoms with Crippen molar-refractivity contribution >= 4 is 23.3 Å². The molecule has 8 nitrogen and oxygen atoms in total. The van der Waals surface area contributed by atoms with Crippen LogP contribution < -0.4 is 11.1 Å². The Balaban J connectivity index is 2.01. The van der Waals surface area contributed by atoms with E-state index in [-0.39, 0.29) is 18.3 Å². The Morgan fingerprint density at radius 1 is 1.43 bits per heavy atom. The summed E-state index contributed by atoms with van der Waals surface area (Å²) in [7, 11) is 1.23. The fourth-order valence-corrected chi connectivity index (χ4v) is 1.69. The number of rotatable bonds is 4. The van der Waals surface area contributed by atoms with Gasteiger partial charge in [0.25, 0.3) is 5.82 Å². The van der Waals surface area contributed by atoms with Gasteiger partial charge in [-0.3, -0.25) is 4.79 Å². The van der Waals surface area contributed by atoms with Crippen molar-refractivity contribution in [1.82, 2.24) is 14.8 Å². The SMILES string of the molecule is COC(=O)c1ncn(CC(=O)Nc2ccc(C)cc2N)n1. The van der Waals surface area contributed by atoms with E-state index >= 15 is 0 Å². The lowest BCUT2D eigenvalue weighted by Crippen LogP contribution is -2.20. The van der Waals surface area contributed by atoms with Crippen LogP contribution in [0.3, 0.4) is 0 Å². The van der Waals surface area contributed by atoms with E-state index in [0.29, 0.717) is 11.4 Å². The van der Waals surface area contributed by atoms with Crippen LogP contribution in [0, 0.1) is 6.92 Å². The second kappa shape index (κ2) is 6.04. The first-order valence-electron chi connectivity index (χ1n) is 6.13. The largest absolute Gasteiger partial charge is 0.463 e. The second-order valence-corrected chi connectivity index (χ2v) is 4.40. The highest BCUT2D eigenvalue weighted by Crippen LogP contribution is 2.19. The molecular formula is C13H15N5O3. The summed E-state index contributed by atoms with van der Waals surface area (Å²) in [6, 6.07) is 5.33. The predicted molar refractivity (Wildman–Crippen MR) is 75.6 cm³/mol. The van der Waals surface area contributed by atoms with Crippen LogP contribution in [0.15, 0.2) is 24.5 Å². The van der Waals surface area contributed by atoms with Gasteiger partial charge in [0.15, 0.2) is 0 Å². The smallest absolute Gasteiger partial charge is 0.377 e. The van der Waals surface area contributed by atoms with Gasteiger partial charge in [0.05, 0.1) is 18.5 Å². The average molecular weight is 289 g/mol. The van der Waals surface area contributed by atoms with Crippen molar-refractivity contribution < 1.29 is 14.3 Å². The Kier molecular flexibility index (Phi) is 4.17. The molecule has 1 heterocycles. The van der Waals surface area contributed by atoms with Gasteiger partial charge in [0.2, 0.25) is 5.91 Å². The molecule has 8 heteroatoms. The number of hydrogen-bond acceptors (Lipinski definition) is 6. The third-order valence-corrected chi connectivity index (χ3v) is 2.69. The number of nitrogens with one attached hydrogen (secondary N) is 1. The number of aromatic nitrogens is 3. The number of hydrogen-bond donors (Lipinski definition) is 2. The topological polar surface area (TPSA) is 112 Å². The minimum atomic E-state index is -0.656. The van der Waals surface area contributed by atoms with Gasteiger partial charge in [-0.25, -0.2) is 14.5 Å². The summed E-state index contributed by atoms with van der Waals surface area (Å²) in [6.07, 6.45) is 1.28. The highest BCUT2D eigenvalue weighted by molar-refractivity contribution is 5.93. The lowest BCUT2D eigenvalue weighted by atomic mass is 10.2. The third kappa shape index (κ3) is 3.56. The van der Waals surface area contributed by atoms with E-state index in [1.54, 1.807) is 12.1 Å². The second-order valence-electron chi connectivity index (χ2n) is 4.40. The van der Waals surface area contributed by atoms with Gasteiger partial charge in [-0.05, 0) is 24.6 Å². The molecule has 1 amide bonds. The number of carbonyl (C=O) groups excluding carboxylic acids is 2. The summed E-state index contributed by atoms with van der Waals surface area (Å²) in [5.41, 5.74) is 7.83. The van der Waals surface area contributed by atoms with E-state index in [0.717, 1.165) is 5.56 Å². The van der Waals surface area contributed by atoms with Crippen LogP contribution >= 0.6 is 0 Å². The number of ether oxygens (including phenoxy) is 1. The van der Waals surface area contributed by atoms with E-state index in [2.05, 4.69) is 20.1 Å². The zero-order valence-corrected chi connectivity index (χ0v) is 11.7. The molecule has 0 atom stereocenters. The first kappa shape index (κ1) is 14.5. The molecule has 0 aliphatic carbocycles. The molecule has 0 bridgehead atoms. The van der Waals surface area contributed by atoms with Crippen molar-refractivity contribution in [3.8, 4) is 0 Å². The number of benzene rings is 1. The highest BCUT2D eigenvalue weighted by Gasteiger charge is 2.13. The van der Waals surface area contributed by atoms with Gasteiger partial charge in [-0.15, -0.1) is 5.10 Å². The van der Waals surface area contributed by atoms with Crippen LogP contribution in [0.2, 0.25) is 0 Å². The van der Waals surface area contributed by atoms with Crippen molar-refractivity contribution in [2.45, 2.75) is 13.5 Å². The molecule has 0 saturated heterocycles. The number of methoxy groups -OCH3 is 1. The van der Waals surface area contributed by atoms with Gasteiger partial charge in [-0.2, -0.15) is 0 Å². The molecule has 0 unspecified atom stereocenters. The summed E-state index contributed by atoms with van der Waals surface area (Å²) in [5, 5.41) is 6.51. The summed E-state index contributed by atoms with van der Waals surface area (Å²) in [6.45, 7) is 1.82. The Morgan fingerprint density at radius 3 is 2.86 bits per heavy atom. The molecule has 0 fully saturated rings. The van der Waals surface area contributed by atoms with Gasteiger partial charge in [0.1, 0.15) is 12.9 Å². The van der Waals surface area contributed by atoms with Crippen LogP contribution in [0.4, 0.5) is 11.4 Å². The maximum absolute atomic E-state index is 11.9. The molecule has 110 valence electrons. The first-order valence-corrected chi connectivity index (χ1v) is 6.13. The van der Waals surface area contributed by atoms with E-state index < -0.39 is 5.97 Å².